The maximum absolute atomic E-state index is 4.48. The molecule has 2 heteroatoms. The predicted octanol–water partition coefficient (Wildman–Crippen LogP) is 4.07. The molecule has 17 heavy (non-hydrogen) atoms. The average Bonchev–Trinajstić information content (AvgIpc) is 2.46. The maximum atomic E-state index is 4.48. The first-order valence-electron chi connectivity index (χ1n) is 5.89. The largest absolute Gasteiger partial charge is 0.342 e. The Bertz CT molecular complexity index is 528. The van der Waals surface area contributed by atoms with Crippen molar-refractivity contribution in [2.75, 3.05) is 0 Å². The molecule has 0 fully saturated rings. The van der Waals surface area contributed by atoms with Gasteiger partial charge in [-0.25, -0.2) is 0 Å². The van der Waals surface area contributed by atoms with Crippen LogP contribution in [-0.2, 0) is 7.05 Å². The monoisotopic (exact) mass is 226 g/mol. The van der Waals surface area contributed by atoms with Gasteiger partial charge in [0.1, 0.15) is 0 Å². The van der Waals surface area contributed by atoms with Crippen LogP contribution in [0.4, 0.5) is 5.69 Å². The number of rotatable bonds is 2. The molecule has 1 aliphatic carbocycles. The van der Waals surface area contributed by atoms with Crippen LogP contribution in [0, 0.1) is 5.92 Å². The molecule has 0 aromatic carbocycles. The van der Waals surface area contributed by atoms with Crippen LogP contribution in [0.2, 0.25) is 0 Å². The molecule has 0 saturated carbocycles. The molecule has 2 nitrogen and oxygen atoms in total. The van der Waals surface area contributed by atoms with Gasteiger partial charge >= 0.3 is 0 Å². The Hall–Kier alpha value is -1.83. The van der Waals surface area contributed by atoms with Crippen molar-refractivity contribution in [3.63, 3.8) is 0 Å². The van der Waals surface area contributed by atoms with Gasteiger partial charge in [0.15, 0.2) is 0 Å². The molecule has 1 atom stereocenters. The van der Waals surface area contributed by atoms with Gasteiger partial charge in [0, 0.05) is 18.8 Å². The van der Waals surface area contributed by atoms with Crippen molar-refractivity contribution in [1.29, 1.82) is 0 Å². The van der Waals surface area contributed by atoms with Crippen molar-refractivity contribution in [2.45, 2.75) is 13.8 Å². The van der Waals surface area contributed by atoms with Crippen LogP contribution in [0.25, 0.3) is 18.2 Å². The molecule has 0 radical (unpaired) electrons. The highest BCUT2D eigenvalue weighted by Crippen LogP contribution is 2.35. The number of hydrogen-bond acceptors (Lipinski definition) is 1. The van der Waals surface area contributed by atoms with Crippen LogP contribution in [0.5, 0.6) is 0 Å². The van der Waals surface area contributed by atoms with E-state index in [0.717, 1.165) is 11.4 Å². The zero-order valence-corrected chi connectivity index (χ0v) is 10.6. The van der Waals surface area contributed by atoms with E-state index in [9.17, 15) is 0 Å². The number of hydrogen-bond donors (Lipinski definition) is 0. The third-order valence-corrected chi connectivity index (χ3v) is 3.07. The van der Waals surface area contributed by atoms with Gasteiger partial charge in [-0.15, -0.1) is 0 Å². The van der Waals surface area contributed by atoms with Gasteiger partial charge in [0.2, 0.25) is 0 Å². The van der Waals surface area contributed by atoms with Gasteiger partial charge in [-0.3, -0.25) is 4.99 Å². The van der Waals surface area contributed by atoms with E-state index < -0.39 is 0 Å². The number of nitrogens with zero attached hydrogens (tertiary/aromatic N) is 2. The fourth-order valence-corrected chi connectivity index (χ4v) is 2.15. The summed E-state index contributed by atoms with van der Waals surface area (Å²) in [7, 11) is 2.05. The molecule has 1 unspecified atom stereocenters. The van der Waals surface area contributed by atoms with Crippen LogP contribution in [-0.4, -0.2) is 10.8 Å². The van der Waals surface area contributed by atoms with Gasteiger partial charge in [-0.2, -0.15) is 0 Å². The van der Waals surface area contributed by atoms with Gasteiger partial charge < -0.3 is 4.57 Å². The minimum Gasteiger partial charge on any atom is -0.342 e. The second-order valence-corrected chi connectivity index (χ2v) is 4.26. The SMILES string of the molecule is C=Cc1c(N=CC)c2c(n1C)C=CC(C)C=C2. The summed E-state index contributed by atoms with van der Waals surface area (Å²) < 4.78 is 2.14. The number of aliphatic imine (C=N–C) groups is 1. The van der Waals surface area contributed by atoms with Crippen molar-refractivity contribution < 1.29 is 0 Å². The molecule has 0 bridgehead atoms. The lowest BCUT2D eigenvalue weighted by molar-refractivity contribution is 0.899. The summed E-state index contributed by atoms with van der Waals surface area (Å²) in [6.07, 6.45) is 12.4. The van der Waals surface area contributed by atoms with Crippen molar-refractivity contribution in [3.05, 3.63) is 35.7 Å². The molecule has 0 saturated heterocycles. The van der Waals surface area contributed by atoms with Crippen molar-refractivity contribution >= 4 is 30.1 Å². The molecule has 1 aliphatic rings. The highest BCUT2D eigenvalue weighted by Gasteiger charge is 2.16. The third kappa shape index (κ3) is 1.91. The minimum atomic E-state index is 0.466. The summed E-state index contributed by atoms with van der Waals surface area (Å²) in [6.45, 7) is 7.99. The average molecular weight is 226 g/mol. The van der Waals surface area contributed by atoms with E-state index in [-0.39, 0.29) is 0 Å². The topological polar surface area (TPSA) is 17.3 Å². The molecule has 0 spiro atoms. The molecular weight excluding hydrogens is 208 g/mol. The van der Waals surface area contributed by atoms with E-state index in [4.69, 9.17) is 0 Å². The smallest absolute Gasteiger partial charge is 0.0955 e. The zero-order valence-electron chi connectivity index (χ0n) is 10.6. The standard InChI is InChI=1S/C15H18N2/c1-5-13-15(16-6-2)12-9-7-11(3)8-10-14(12)17(13)4/h5-11H,1H2,2-4H3. The maximum Gasteiger partial charge on any atom is 0.0955 e. The van der Waals surface area contributed by atoms with Crippen LogP contribution in [0.3, 0.4) is 0 Å². The van der Waals surface area contributed by atoms with Crippen LogP contribution in [0.15, 0.2) is 23.7 Å². The van der Waals surface area contributed by atoms with Crippen molar-refractivity contribution in [1.82, 2.24) is 4.57 Å². The lowest BCUT2D eigenvalue weighted by Gasteiger charge is -2.01. The summed E-state index contributed by atoms with van der Waals surface area (Å²) in [6, 6.07) is 0. The predicted molar refractivity (Wildman–Crippen MR) is 76.6 cm³/mol. The molecule has 1 aromatic rings. The van der Waals surface area contributed by atoms with E-state index in [2.05, 4.69) is 54.4 Å². The molecule has 0 N–H and O–H groups in total. The quantitative estimate of drug-likeness (QED) is 0.676. The van der Waals surface area contributed by atoms with Crippen LogP contribution in [0.1, 0.15) is 30.8 Å². The summed E-state index contributed by atoms with van der Waals surface area (Å²) in [5, 5.41) is 0. The normalized spacial score (nSPS) is 18.4. The highest BCUT2D eigenvalue weighted by atomic mass is 15.0. The lowest BCUT2D eigenvalue weighted by Crippen LogP contribution is -1.93. The first-order valence-corrected chi connectivity index (χ1v) is 5.89. The van der Waals surface area contributed by atoms with E-state index in [0.29, 0.717) is 5.92 Å². The second-order valence-electron chi connectivity index (χ2n) is 4.26. The molecule has 0 amide bonds. The van der Waals surface area contributed by atoms with Crippen molar-refractivity contribution in [2.24, 2.45) is 18.0 Å². The Morgan fingerprint density at radius 3 is 2.71 bits per heavy atom. The number of allylic oxidation sites excluding steroid dienone is 2. The highest BCUT2D eigenvalue weighted by molar-refractivity contribution is 5.83. The van der Waals surface area contributed by atoms with Crippen LogP contribution < -0.4 is 0 Å². The van der Waals surface area contributed by atoms with Gasteiger partial charge in [-0.1, -0.05) is 31.7 Å². The lowest BCUT2D eigenvalue weighted by atomic mass is 10.1. The van der Waals surface area contributed by atoms with E-state index in [1.54, 1.807) is 0 Å². The summed E-state index contributed by atoms with van der Waals surface area (Å²) in [5.74, 6) is 0.466. The number of fused-ring (bicyclic) bond motifs is 1. The fraction of sp³-hybridized carbons (Fsp3) is 0.267. The van der Waals surface area contributed by atoms with Crippen molar-refractivity contribution in [3.8, 4) is 0 Å². The van der Waals surface area contributed by atoms with Crippen LogP contribution >= 0.6 is 0 Å². The number of aromatic nitrogens is 1. The summed E-state index contributed by atoms with van der Waals surface area (Å²) in [4.78, 5) is 4.48. The zero-order chi connectivity index (χ0) is 12.4. The van der Waals surface area contributed by atoms with Gasteiger partial charge in [-0.05, 0) is 25.0 Å². The molecule has 1 aromatic heterocycles. The molecule has 88 valence electrons. The Balaban J connectivity index is 2.73. The van der Waals surface area contributed by atoms with Gasteiger partial charge in [0.05, 0.1) is 17.1 Å². The van der Waals surface area contributed by atoms with E-state index in [1.807, 2.05) is 19.2 Å². The van der Waals surface area contributed by atoms with E-state index in [1.165, 1.54) is 11.3 Å². The van der Waals surface area contributed by atoms with E-state index >= 15 is 0 Å². The molecule has 2 rings (SSSR count). The summed E-state index contributed by atoms with van der Waals surface area (Å²) >= 11 is 0. The third-order valence-electron chi connectivity index (χ3n) is 3.07. The summed E-state index contributed by atoms with van der Waals surface area (Å²) in [5.41, 5.74) is 4.45. The minimum absolute atomic E-state index is 0.466. The Kier molecular flexibility index (Phi) is 3.14. The molecule has 0 aliphatic heterocycles. The van der Waals surface area contributed by atoms with Gasteiger partial charge in [0.25, 0.3) is 0 Å². The fourth-order valence-electron chi connectivity index (χ4n) is 2.15. The molecular formula is C15H18N2. The molecule has 1 heterocycles. The first kappa shape index (κ1) is 11.6. The second kappa shape index (κ2) is 4.58. The Labute approximate surface area is 103 Å². The first-order chi connectivity index (χ1) is 8.19. The Morgan fingerprint density at radius 2 is 2.06 bits per heavy atom. The Morgan fingerprint density at radius 1 is 1.35 bits per heavy atom.